The maximum atomic E-state index is 12.0. The first kappa shape index (κ1) is 19.2. The summed E-state index contributed by atoms with van der Waals surface area (Å²) in [6, 6.07) is 0. The van der Waals surface area contributed by atoms with E-state index >= 15 is 0 Å². The summed E-state index contributed by atoms with van der Waals surface area (Å²) in [5, 5.41) is 6.15. The van der Waals surface area contributed by atoms with Gasteiger partial charge in [0, 0.05) is 38.0 Å². The zero-order valence-corrected chi connectivity index (χ0v) is 13.6. The Labute approximate surface area is 128 Å². The second-order valence-electron chi connectivity index (χ2n) is 6.09. The molecule has 0 aromatic carbocycles. The van der Waals surface area contributed by atoms with E-state index in [4.69, 9.17) is 0 Å². The van der Waals surface area contributed by atoms with Crippen molar-refractivity contribution in [3.63, 3.8) is 0 Å². The molecule has 0 atom stereocenters. The van der Waals surface area contributed by atoms with Gasteiger partial charge in [0.25, 0.3) is 0 Å². The summed E-state index contributed by atoms with van der Waals surface area (Å²) in [6.45, 7) is 9.76. The molecular weight excluding hydrogens is 278 g/mol. The van der Waals surface area contributed by atoms with Crippen LogP contribution >= 0.6 is 12.4 Å². The molecule has 1 saturated heterocycles. The van der Waals surface area contributed by atoms with Gasteiger partial charge in [0.15, 0.2) is 0 Å². The summed E-state index contributed by atoms with van der Waals surface area (Å²) in [4.78, 5) is 25.5. The fraction of sp³-hybridized carbons (Fsp3) is 0.857. The van der Waals surface area contributed by atoms with Crippen molar-refractivity contribution in [1.82, 2.24) is 15.5 Å². The first-order chi connectivity index (χ1) is 8.91. The largest absolute Gasteiger partial charge is 0.356 e. The fourth-order valence-corrected chi connectivity index (χ4v) is 1.96. The molecule has 1 fully saturated rings. The Kier molecular flexibility index (Phi) is 8.81. The number of rotatable bonds is 4. The lowest BCUT2D eigenvalue weighted by Crippen LogP contribution is -2.37. The molecule has 0 spiro atoms. The number of hydrogen-bond donors (Lipinski definition) is 2. The van der Waals surface area contributed by atoms with Crippen LogP contribution in [0.4, 0.5) is 0 Å². The molecule has 0 aromatic heterocycles. The molecule has 0 unspecified atom stereocenters. The van der Waals surface area contributed by atoms with Crippen LogP contribution in [0.3, 0.4) is 0 Å². The SMILES string of the molecule is CC(C)(C)C(=O)NCCCC(=O)N1CCCNCC1.Cl. The topological polar surface area (TPSA) is 61.4 Å². The predicted octanol–water partition coefficient (Wildman–Crippen LogP) is 1.17. The minimum atomic E-state index is -0.361. The van der Waals surface area contributed by atoms with Gasteiger partial charge in [-0.15, -0.1) is 12.4 Å². The molecule has 20 heavy (non-hydrogen) atoms. The molecule has 1 heterocycles. The Balaban J connectivity index is 0.00000361. The molecule has 6 heteroatoms. The molecule has 2 N–H and O–H groups in total. The van der Waals surface area contributed by atoms with Crippen LogP contribution in [-0.4, -0.2) is 49.4 Å². The quantitative estimate of drug-likeness (QED) is 0.767. The predicted molar refractivity (Wildman–Crippen MR) is 83.0 cm³/mol. The van der Waals surface area contributed by atoms with Crippen LogP contribution in [0.15, 0.2) is 0 Å². The lowest BCUT2D eigenvalue weighted by molar-refractivity contribution is -0.132. The molecule has 118 valence electrons. The summed E-state index contributed by atoms with van der Waals surface area (Å²) in [6.07, 6.45) is 2.25. The number of halogens is 1. The van der Waals surface area contributed by atoms with Crippen molar-refractivity contribution >= 4 is 24.2 Å². The number of nitrogens with one attached hydrogen (secondary N) is 2. The smallest absolute Gasteiger partial charge is 0.225 e. The molecule has 1 aliphatic rings. The zero-order valence-electron chi connectivity index (χ0n) is 12.8. The maximum absolute atomic E-state index is 12.0. The van der Waals surface area contributed by atoms with Gasteiger partial charge in [0.05, 0.1) is 0 Å². The number of hydrogen-bond acceptors (Lipinski definition) is 3. The van der Waals surface area contributed by atoms with E-state index in [9.17, 15) is 9.59 Å². The van der Waals surface area contributed by atoms with Crippen LogP contribution in [0.25, 0.3) is 0 Å². The van der Waals surface area contributed by atoms with Gasteiger partial charge in [-0.3, -0.25) is 9.59 Å². The van der Waals surface area contributed by atoms with E-state index in [1.165, 1.54) is 0 Å². The molecule has 1 rings (SSSR count). The molecule has 5 nitrogen and oxygen atoms in total. The number of carbonyl (C=O) groups excluding carboxylic acids is 2. The Hall–Kier alpha value is -0.810. The molecule has 0 radical (unpaired) electrons. The van der Waals surface area contributed by atoms with Gasteiger partial charge in [-0.2, -0.15) is 0 Å². The third-order valence-corrected chi connectivity index (χ3v) is 3.23. The molecular formula is C14H28ClN3O2. The van der Waals surface area contributed by atoms with Crippen LogP contribution in [0.2, 0.25) is 0 Å². The van der Waals surface area contributed by atoms with Crippen molar-refractivity contribution in [1.29, 1.82) is 0 Å². The van der Waals surface area contributed by atoms with Crippen molar-refractivity contribution in [2.24, 2.45) is 5.41 Å². The van der Waals surface area contributed by atoms with Gasteiger partial charge in [-0.1, -0.05) is 20.8 Å². The van der Waals surface area contributed by atoms with Crippen molar-refractivity contribution in [2.75, 3.05) is 32.7 Å². The van der Waals surface area contributed by atoms with Crippen LogP contribution < -0.4 is 10.6 Å². The van der Waals surface area contributed by atoms with Crippen LogP contribution in [-0.2, 0) is 9.59 Å². The molecule has 1 aliphatic heterocycles. The highest BCUT2D eigenvalue weighted by atomic mass is 35.5. The van der Waals surface area contributed by atoms with Gasteiger partial charge in [0.1, 0.15) is 0 Å². The second kappa shape index (κ2) is 9.19. The molecule has 0 saturated carbocycles. The van der Waals surface area contributed by atoms with Crippen molar-refractivity contribution in [2.45, 2.75) is 40.0 Å². The van der Waals surface area contributed by atoms with Gasteiger partial charge >= 0.3 is 0 Å². The number of carbonyl (C=O) groups is 2. The van der Waals surface area contributed by atoms with Crippen molar-refractivity contribution < 1.29 is 9.59 Å². The normalized spacial score (nSPS) is 16.1. The van der Waals surface area contributed by atoms with Gasteiger partial charge in [-0.25, -0.2) is 0 Å². The summed E-state index contributed by atoms with van der Waals surface area (Å²) < 4.78 is 0. The molecule has 0 aliphatic carbocycles. The molecule has 2 amide bonds. The van der Waals surface area contributed by atoms with Crippen LogP contribution in [0, 0.1) is 5.41 Å². The summed E-state index contributed by atoms with van der Waals surface area (Å²) >= 11 is 0. The van der Waals surface area contributed by atoms with E-state index in [1.807, 2.05) is 25.7 Å². The second-order valence-corrected chi connectivity index (χ2v) is 6.09. The first-order valence-electron chi connectivity index (χ1n) is 7.18. The third-order valence-electron chi connectivity index (χ3n) is 3.23. The Morgan fingerprint density at radius 3 is 2.55 bits per heavy atom. The highest BCUT2D eigenvalue weighted by molar-refractivity contribution is 5.85. The summed E-state index contributed by atoms with van der Waals surface area (Å²) in [5.74, 6) is 0.243. The summed E-state index contributed by atoms with van der Waals surface area (Å²) in [7, 11) is 0. The van der Waals surface area contributed by atoms with E-state index in [0.29, 0.717) is 19.4 Å². The van der Waals surface area contributed by atoms with Gasteiger partial charge < -0.3 is 15.5 Å². The average Bonchev–Trinajstić information content (AvgIpc) is 2.61. The highest BCUT2D eigenvalue weighted by Crippen LogP contribution is 2.12. The van der Waals surface area contributed by atoms with Crippen molar-refractivity contribution in [3.05, 3.63) is 0 Å². The van der Waals surface area contributed by atoms with E-state index < -0.39 is 0 Å². The Morgan fingerprint density at radius 1 is 1.20 bits per heavy atom. The molecule has 0 aromatic rings. The van der Waals surface area contributed by atoms with Crippen molar-refractivity contribution in [3.8, 4) is 0 Å². The van der Waals surface area contributed by atoms with E-state index in [1.54, 1.807) is 0 Å². The maximum Gasteiger partial charge on any atom is 0.225 e. The average molecular weight is 306 g/mol. The van der Waals surface area contributed by atoms with E-state index in [2.05, 4.69) is 10.6 Å². The minimum absolute atomic E-state index is 0. The standard InChI is InChI=1S/C14H27N3O2.ClH/c1-14(2,3)13(19)16-8-4-6-12(18)17-10-5-7-15-9-11-17;/h15H,4-11H2,1-3H3,(H,16,19);1H. The monoisotopic (exact) mass is 305 g/mol. The lowest BCUT2D eigenvalue weighted by Gasteiger charge is -2.20. The third kappa shape index (κ3) is 7.10. The van der Waals surface area contributed by atoms with Crippen LogP contribution in [0.1, 0.15) is 40.0 Å². The zero-order chi connectivity index (χ0) is 14.3. The minimum Gasteiger partial charge on any atom is -0.356 e. The van der Waals surface area contributed by atoms with Gasteiger partial charge in [-0.05, 0) is 19.4 Å². The Bertz CT molecular complexity index is 308. The number of amides is 2. The number of nitrogens with zero attached hydrogens (tertiary/aromatic N) is 1. The molecule has 0 bridgehead atoms. The van der Waals surface area contributed by atoms with Gasteiger partial charge in [0.2, 0.25) is 11.8 Å². The highest BCUT2D eigenvalue weighted by Gasteiger charge is 2.20. The summed E-state index contributed by atoms with van der Waals surface area (Å²) in [5.41, 5.74) is -0.361. The van der Waals surface area contributed by atoms with Crippen LogP contribution in [0.5, 0.6) is 0 Å². The van der Waals surface area contributed by atoms with E-state index in [0.717, 1.165) is 32.6 Å². The van der Waals surface area contributed by atoms with E-state index in [-0.39, 0.29) is 29.6 Å². The lowest BCUT2D eigenvalue weighted by atomic mass is 9.96. The Morgan fingerprint density at radius 2 is 1.90 bits per heavy atom. The fourth-order valence-electron chi connectivity index (χ4n) is 1.96. The first-order valence-corrected chi connectivity index (χ1v) is 7.18.